The Balaban J connectivity index is 1.75. The lowest BCUT2D eigenvalue weighted by molar-refractivity contribution is -0.384. The van der Waals surface area contributed by atoms with Crippen LogP contribution in [-0.4, -0.2) is 38.4 Å². The highest BCUT2D eigenvalue weighted by Crippen LogP contribution is 2.22. The topological polar surface area (TPSA) is 110 Å². The molecule has 2 aromatic rings. The predicted molar refractivity (Wildman–Crippen MR) is 85.8 cm³/mol. The van der Waals surface area contributed by atoms with Crippen LogP contribution in [0.15, 0.2) is 48.7 Å². The normalized spacial score (nSPS) is 19.4. The maximum absolute atomic E-state index is 12.2. The molecular weight excluding hydrogens is 312 g/mol. The van der Waals surface area contributed by atoms with Gasteiger partial charge >= 0.3 is 0 Å². The Morgan fingerprint density at radius 1 is 1.38 bits per heavy atom. The van der Waals surface area contributed by atoms with Gasteiger partial charge in [0.25, 0.3) is 11.6 Å². The number of carbonyl (C=O) groups excluding carboxylic acids is 1. The van der Waals surface area contributed by atoms with E-state index in [9.17, 15) is 14.9 Å². The Hall–Kier alpha value is -3.00. The van der Waals surface area contributed by atoms with Gasteiger partial charge in [0.15, 0.2) is 5.69 Å². The largest absolute Gasteiger partial charge is 0.396 e. The number of nitrogens with one attached hydrogen (secondary N) is 1. The minimum absolute atomic E-state index is 0.0508. The number of nitrogens with zero attached hydrogens (tertiary/aromatic N) is 3. The van der Waals surface area contributed by atoms with Gasteiger partial charge in [-0.3, -0.25) is 14.9 Å². The standard InChI is InChI=1S/C16H16N4O4/c21-10-11-5-6-12(9-11)17-16(22)13-7-8-19(18-13)14-3-1-2-4-15(14)20(23)24/h1-8,11-12,21H,9-10H2,(H,17,22)/t11-,12+/m0/s1. The quantitative estimate of drug-likeness (QED) is 0.490. The van der Waals surface area contributed by atoms with E-state index >= 15 is 0 Å². The van der Waals surface area contributed by atoms with Crippen LogP contribution in [0.3, 0.4) is 0 Å². The second-order valence-electron chi connectivity index (χ2n) is 5.53. The van der Waals surface area contributed by atoms with Gasteiger partial charge in [-0.15, -0.1) is 0 Å². The number of amides is 1. The molecule has 1 aromatic heterocycles. The number of aliphatic hydroxyl groups excluding tert-OH is 1. The zero-order chi connectivity index (χ0) is 17.1. The van der Waals surface area contributed by atoms with Crippen LogP contribution >= 0.6 is 0 Å². The third-order valence-electron chi connectivity index (χ3n) is 3.87. The lowest BCUT2D eigenvalue weighted by Crippen LogP contribution is -2.33. The van der Waals surface area contributed by atoms with Crippen LogP contribution in [-0.2, 0) is 0 Å². The van der Waals surface area contributed by atoms with Gasteiger partial charge in [0.05, 0.1) is 4.92 Å². The van der Waals surface area contributed by atoms with Crippen molar-refractivity contribution in [3.05, 3.63) is 64.5 Å². The second kappa shape index (κ2) is 6.63. The van der Waals surface area contributed by atoms with Crippen LogP contribution in [0.1, 0.15) is 16.9 Å². The minimum Gasteiger partial charge on any atom is -0.396 e. The zero-order valence-corrected chi connectivity index (χ0v) is 12.7. The van der Waals surface area contributed by atoms with Crippen molar-refractivity contribution in [2.24, 2.45) is 5.92 Å². The maximum Gasteiger partial charge on any atom is 0.294 e. The average Bonchev–Trinajstić information content (AvgIpc) is 3.24. The van der Waals surface area contributed by atoms with Crippen molar-refractivity contribution in [2.45, 2.75) is 12.5 Å². The van der Waals surface area contributed by atoms with E-state index < -0.39 is 4.92 Å². The zero-order valence-electron chi connectivity index (χ0n) is 12.7. The number of para-hydroxylation sites is 2. The molecule has 3 rings (SSSR count). The monoisotopic (exact) mass is 328 g/mol. The van der Waals surface area contributed by atoms with E-state index in [1.807, 2.05) is 12.2 Å². The number of nitro benzene ring substituents is 1. The molecule has 2 N–H and O–H groups in total. The summed E-state index contributed by atoms with van der Waals surface area (Å²) in [5.74, 6) is -0.305. The Kier molecular flexibility index (Phi) is 4.39. The van der Waals surface area contributed by atoms with Gasteiger partial charge in [-0.2, -0.15) is 5.10 Å². The van der Waals surface area contributed by atoms with Crippen LogP contribution in [0.4, 0.5) is 5.69 Å². The lowest BCUT2D eigenvalue weighted by Gasteiger charge is -2.11. The third kappa shape index (κ3) is 3.18. The number of aromatic nitrogens is 2. The number of aliphatic hydroxyl groups is 1. The van der Waals surface area contributed by atoms with Crippen molar-refractivity contribution in [1.82, 2.24) is 15.1 Å². The number of benzene rings is 1. The first-order chi connectivity index (χ1) is 11.6. The molecular formula is C16H16N4O4. The molecule has 1 heterocycles. The van der Waals surface area contributed by atoms with Gasteiger partial charge in [-0.05, 0) is 18.6 Å². The minimum atomic E-state index is -0.491. The molecule has 8 heteroatoms. The maximum atomic E-state index is 12.2. The highest BCUT2D eigenvalue weighted by atomic mass is 16.6. The van der Waals surface area contributed by atoms with Gasteiger partial charge in [0, 0.05) is 30.8 Å². The second-order valence-corrected chi connectivity index (χ2v) is 5.53. The van der Waals surface area contributed by atoms with Crippen molar-refractivity contribution < 1.29 is 14.8 Å². The van der Waals surface area contributed by atoms with Gasteiger partial charge < -0.3 is 10.4 Å². The SMILES string of the molecule is O=C(N[C@@H]1C=C[C@H](CO)C1)c1ccn(-c2ccccc2[N+](=O)[O-])n1. The molecule has 24 heavy (non-hydrogen) atoms. The van der Waals surface area contributed by atoms with Crippen LogP contribution in [0.5, 0.6) is 0 Å². The van der Waals surface area contributed by atoms with Crippen LogP contribution in [0.25, 0.3) is 5.69 Å². The van der Waals surface area contributed by atoms with E-state index in [4.69, 9.17) is 5.11 Å². The predicted octanol–water partition coefficient (Wildman–Crippen LogP) is 1.45. The molecule has 0 fully saturated rings. The van der Waals surface area contributed by atoms with E-state index in [0.717, 1.165) is 0 Å². The fourth-order valence-corrected chi connectivity index (χ4v) is 2.65. The Labute approximate surface area is 137 Å². The Morgan fingerprint density at radius 2 is 2.17 bits per heavy atom. The fraction of sp³-hybridized carbons (Fsp3) is 0.250. The summed E-state index contributed by atoms with van der Waals surface area (Å²) in [4.78, 5) is 22.8. The van der Waals surface area contributed by atoms with Crippen LogP contribution < -0.4 is 5.32 Å². The van der Waals surface area contributed by atoms with Gasteiger partial charge in [-0.1, -0.05) is 24.3 Å². The number of carbonyl (C=O) groups is 1. The molecule has 1 amide bonds. The van der Waals surface area contributed by atoms with Crippen molar-refractivity contribution >= 4 is 11.6 Å². The van der Waals surface area contributed by atoms with Crippen molar-refractivity contribution in [1.29, 1.82) is 0 Å². The van der Waals surface area contributed by atoms with E-state index in [-0.39, 0.29) is 35.9 Å². The third-order valence-corrected chi connectivity index (χ3v) is 3.87. The smallest absolute Gasteiger partial charge is 0.294 e. The van der Waals surface area contributed by atoms with E-state index in [2.05, 4.69) is 10.4 Å². The lowest BCUT2D eigenvalue weighted by atomic mass is 10.1. The highest BCUT2D eigenvalue weighted by molar-refractivity contribution is 5.92. The highest BCUT2D eigenvalue weighted by Gasteiger charge is 2.22. The summed E-state index contributed by atoms with van der Waals surface area (Å²) >= 11 is 0. The van der Waals surface area contributed by atoms with Crippen LogP contribution in [0, 0.1) is 16.0 Å². The molecule has 0 saturated carbocycles. The number of hydrogen-bond donors (Lipinski definition) is 2. The number of hydrogen-bond acceptors (Lipinski definition) is 5. The van der Waals surface area contributed by atoms with E-state index in [1.54, 1.807) is 18.2 Å². The molecule has 0 unspecified atom stereocenters. The first kappa shape index (κ1) is 15.9. The summed E-state index contributed by atoms with van der Waals surface area (Å²) in [5.41, 5.74) is 0.383. The molecule has 1 aliphatic carbocycles. The summed E-state index contributed by atoms with van der Waals surface area (Å²) in [5, 5.41) is 27.1. The molecule has 1 aromatic carbocycles. The average molecular weight is 328 g/mol. The Bertz CT molecular complexity index is 799. The van der Waals surface area contributed by atoms with Gasteiger partial charge in [0.1, 0.15) is 5.69 Å². The molecule has 0 bridgehead atoms. The molecule has 8 nitrogen and oxygen atoms in total. The molecule has 0 radical (unpaired) electrons. The summed E-state index contributed by atoms with van der Waals surface area (Å²) < 4.78 is 1.31. The molecule has 0 spiro atoms. The van der Waals surface area contributed by atoms with Crippen LogP contribution in [0.2, 0.25) is 0 Å². The first-order valence-electron chi connectivity index (χ1n) is 7.48. The van der Waals surface area contributed by atoms with Crippen molar-refractivity contribution in [2.75, 3.05) is 6.61 Å². The Morgan fingerprint density at radius 3 is 2.88 bits per heavy atom. The van der Waals surface area contributed by atoms with E-state index in [1.165, 1.54) is 23.0 Å². The molecule has 0 saturated heterocycles. The number of rotatable bonds is 5. The number of nitro groups is 1. The van der Waals surface area contributed by atoms with Gasteiger partial charge in [-0.25, -0.2) is 4.68 Å². The van der Waals surface area contributed by atoms with Crippen molar-refractivity contribution in [3.63, 3.8) is 0 Å². The van der Waals surface area contributed by atoms with Gasteiger partial charge in [0.2, 0.25) is 0 Å². The molecule has 2 atom stereocenters. The van der Waals surface area contributed by atoms with Crippen molar-refractivity contribution in [3.8, 4) is 5.69 Å². The molecule has 1 aliphatic rings. The molecule has 124 valence electrons. The first-order valence-corrected chi connectivity index (χ1v) is 7.48. The van der Waals surface area contributed by atoms with E-state index in [0.29, 0.717) is 12.1 Å². The summed E-state index contributed by atoms with van der Waals surface area (Å²) in [6.45, 7) is 0.0508. The molecule has 0 aliphatic heterocycles. The fourth-order valence-electron chi connectivity index (χ4n) is 2.65. The summed E-state index contributed by atoms with van der Waals surface area (Å²) in [6, 6.07) is 7.55. The summed E-state index contributed by atoms with van der Waals surface area (Å²) in [6.07, 6.45) is 5.88. The summed E-state index contributed by atoms with van der Waals surface area (Å²) in [7, 11) is 0.